The van der Waals surface area contributed by atoms with Crippen LogP contribution in [0.2, 0.25) is 0 Å². The van der Waals surface area contributed by atoms with Crippen LogP contribution in [0.5, 0.6) is 17.2 Å². The van der Waals surface area contributed by atoms with E-state index in [0.29, 0.717) is 34.1 Å². The average molecular weight is 339 g/mol. The van der Waals surface area contributed by atoms with E-state index in [4.69, 9.17) is 18.7 Å². The SMILES string of the molecule is COc1ccc(C(=O)Oc2ccccc2-c2cc(C)no2)cc1OC. The Kier molecular flexibility index (Phi) is 4.70. The Morgan fingerprint density at radius 2 is 1.72 bits per heavy atom. The van der Waals surface area contributed by atoms with E-state index in [-0.39, 0.29) is 0 Å². The number of benzene rings is 2. The number of rotatable bonds is 5. The van der Waals surface area contributed by atoms with Crippen LogP contribution in [0.4, 0.5) is 0 Å². The number of carbonyl (C=O) groups excluding carboxylic acids is 1. The summed E-state index contributed by atoms with van der Waals surface area (Å²) in [6.45, 7) is 1.82. The third-order valence-electron chi connectivity index (χ3n) is 3.60. The van der Waals surface area contributed by atoms with Gasteiger partial charge in [-0.2, -0.15) is 0 Å². The van der Waals surface area contributed by atoms with Gasteiger partial charge in [0.25, 0.3) is 0 Å². The van der Waals surface area contributed by atoms with Crippen LogP contribution in [-0.4, -0.2) is 25.3 Å². The molecule has 0 aliphatic carbocycles. The van der Waals surface area contributed by atoms with Crippen LogP contribution in [-0.2, 0) is 0 Å². The fraction of sp³-hybridized carbons (Fsp3) is 0.158. The minimum atomic E-state index is -0.510. The van der Waals surface area contributed by atoms with Gasteiger partial charge in [-0.15, -0.1) is 0 Å². The third kappa shape index (κ3) is 3.47. The van der Waals surface area contributed by atoms with Gasteiger partial charge in [-0.3, -0.25) is 0 Å². The lowest BCUT2D eigenvalue weighted by Crippen LogP contribution is -2.09. The summed E-state index contributed by atoms with van der Waals surface area (Å²) in [5.74, 6) is 1.41. The predicted molar refractivity (Wildman–Crippen MR) is 91.2 cm³/mol. The molecule has 1 heterocycles. The molecule has 0 unspecified atom stereocenters. The van der Waals surface area contributed by atoms with Crippen molar-refractivity contribution in [2.45, 2.75) is 6.92 Å². The van der Waals surface area contributed by atoms with Gasteiger partial charge in [-0.1, -0.05) is 17.3 Å². The van der Waals surface area contributed by atoms with Crippen molar-refractivity contribution in [3.05, 3.63) is 59.8 Å². The molecule has 0 amide bonds. The zero-order valence-electron chi connectivity index (χ0n) is 14.1. The number of nitrogens with zero attached hydrogens (tertiary/aromatic N) is 1. The highest BCUT2D eigenvalue weighted by Gasteiger charge is 2.17. The highest BCUT2D eigenvalue weighted by Crippen LogP contribution is 2.32. The lowest BCUT2D eigenvalue weighted by Gasteiger charge is -2.10. The van der Waals surface area contributed by atoms with E-state index < -0.39 is 5.97 Å². The number of aryl methyl sites for hydroxylation is 1. The number of hydrogen-bond donors (Lipinski definition) is 0. The van der Waals surface area contributed by atoms with Crippen LogP contribution in [0.1, 0.15) is 16.1 Å². The highest BCUT2D eigenvalue weighted by atomic mass is 16.5. The van der Waals surface area contributed by atoms with Crippen molar-refractivity contribution < 1.29 is 23.5 Å². The van der Waals surface area contributed by atoms with E-state index in [1.54, 1.807) is 42.5 Å². The summed E-state index contributed by atoms with van der Waals surface area (Å²) in [6.07, 6.45) is 0. The molecule has 1 aromatic heterocycles. The molecule has 3 rings (SSSR count). The monoisotopic (exact) mass is 339 g/mol. The van der Waals surface area contributed by atoms with E-state index in [1.165, 1.54) is 14.2 Å². The van der Waals surface area contributed by atoms with Gasteiger partial charge >= 0.3 is 5.97 Å². The molecule has 3 aromatic rings. The van der Waals surface area contributed by atoms with Gasteiger partial charge in [0.05, 0.1) is 31.0 Å². The summed E-state index contributed by atoms with van der Waals surface area (Å²) in [6, 6.07) is 13.7. The summed E-state index contributed by atoms with van der Waals surface area (Å²) >= 11 is 0. The van der Waals surface area contributed by atoms with Crippen LogP contribution >= 0.6 is 0 Å². The molecule has 0 fully saturated rings. The normalized spacial score (nSPS) is 10.4. The Bertz CT molecular complexity index is 900. The second-order valence-electron chi connectivity index (χ2n) is 5.29. The Morgan fingerprint density at radius 3 is 2.40 bits per heavy atom. The van der Waals surface area contributed by atoms with E-state index >= 15 is 0 Å². The zero-order valence-corrected chi connectivity index (χ0v) is 14.1. The number of esters is 1. The standard InChI is InChI=1S/C19H17NO5/c1-12-10-17(25-20-12)14-6-4-5-7-15(14)24-19(21)13-8-9-16(22-2)18(11-13)23-3/h4-11H,1-3H3. The molecule has 2 aromatic carbocycles. The largest absolute Gasteiger partial charge is 0.493 e. The third-order valence-corrected chi connectivity index (χ3v) is 3.60. The Balaban J connectivity index is 1.89. The number of hydrogen-bond acceptors (Lipinski definition) is 6. The first-order valence-electron chi connectivity index (χ1n) is 7.59. The van der Waals surface area contributed by atoms with Crippen LogP contribution in [0.15, 0.2) is 53.1 Å². The van der Waals surface area contributed by atoms with Gasteiger partial charge in [0, 0.05) is 6.07 Å². The molecule has 0 atom stereocenters. The Hall–Kier alpha value is -3.28. The molecule has 0 bridgehead atoms. The van der Waals surface area contributed by atoms with Gasteiger partial charge in [0.1, 0.15) is 5.75 Å². The van der Waals surface area contributed by atoms with Crippen LogP contribution in [0, 0.1) is 6.92 Å². The molecule has 0 saturated heterocycles. The quantitative estimate of drug-likeness (QED) is 0.519. The van der Waals surface area contributed by atoms with Crippen molar-refractivity contribution in [1.82, 2.24) is 5.16 Å². The molecule has 0 spiro atoms. The molecule has 6 heteroatoms. The van der Waals surface area contributed by atoms with E-state index in [1.807, 2.05) is 13.0 Å². The summed E-state index contributed by atoms with van der Waals surface area (Å²) < 4.78 is 21.2. The summed E-state index contributed by atoms with van der Waals surface area (Å²) in [5.41, 5.74) is 1.74. The minimum absolute atomic E-state index is 0.348. The van der Waals surface area contributed by atoms with Crippen molar-refractivity contribution in [1.29, 1.82) is 0 Å². The van der Waals surface area contributed by atoms with E-state index in [2.05, 4.69) is 5.16 Å². The second-order valence-corrected chi connectivity index (χ2v) is 5.29. The predicted octanol–water partition coefficient (Wildman–Crippen LogP) is 3.89. The highest BCUT2D eigenvalue weighted by molar-refractivity contribution is 5.92. The molecule has 0 aliphatic heterocycles. The van der Waals surface area contributed by atoms with Crippen molar-refractivity contribution in [3.8, 4) is 28.6 Å². The molecule has 25 heavy (non-hydrogen) atoms. The maximum Gasteiger partial charge on any atom is 0.343 e. The van der Waals surface area contributed by atoms with E-state index in [9.17, 15) is 4.79 Å². The molecular formula is C19H17NO5. The minimum Gasteiger partial charge on any atom is -0.493 e. The number of methoxy groups -OCH3 is 2. The number of ether oxygens (including phenoxy) is 3. The summed E-state index contributed by atoms with van der Waals surface area (Å²) in [7, 11) is 3.04. The molecule has 0 radical (unpaired) electrons. The first kappa shape index (κ1) is 16.6. The topological polar surface area (TPSA) is 70.8 Å². The summed E-state index contributed by atoms with van der Waals surface area (Å²) in [5, 5.41) is 3.87. The molecule has 6 nitrogen and oxygen atoms in total. The van der Waals surface area contributed by atoms with Gasteiger partial charge in [-0.05, 0) is 37.3 Å². The lowest BCUT2D eigenvalue weighted by atomic mass is 10.1. The van der Waals surface area contributed by atoms with Crippen molar-refractivity contribution in [3.63, 3.8) is 0 Å². The van der Waals surface area contributed by atoms with Crippen LogP contribution in [0.3, 0.4) is 0 Å². The first-order valence-corrected chi connectivity index (χ1v) is 7.59. The molecule has 0 saturated carbocycles. The van der Waals surface area contributed by atoms with Gasteiger partial charge < -0.3 is 18.7 Å². The molecule has 0 aliphatic rings. The smallest absolute Gasteiger partial charge is 0.343 e. The Morgan fingerprint density at radius 1 is 0.960 bits per heavy atom. The van der Waals surface area contributed by atoms with Crippen LogP contribution < -0.4 is 14.2 Å². The van der Waals surface area contributed by atoms with Crippen molar-refractivity contribution in [2.75, 3.05) is 14.2 Å². The average Bonchev–Trinajstić information content (AvgIpc) is 3.07. The van der Waals surface area contributed by atoms with E-state index in [0.717, 1.165) is 5.69 Å². The number of carbonyl (C=O) groups is 1. The summed E-state index contributed by atoms with van der Waals surface area (Å²) in [4.78, 5) is 12.5. The maximum absolute atomic E-state index is 12.5. The fourth-order valence-electron chi connectivity index (χ4n) is 2.37. The Labute approximate surface area is 144 Å². The first-order chi connectivity index (χ1) is 12.1. The lowest BCUT2D eigenvalue weighted by molar-refractivity contribution is 0.0735. The number of para-hydroxylation sites is 1. The van der Waals surface area contributed by atoms with Crippen molar-refractivity contribution in [2.24, 2.45) is 0 Å². The van der Waals surface area contributed by atoms with Gasteiger partial charge in [0.2, 0.25) is 0 Å². The fourth-order valence-corrected chi connectivity index (χ4v) is 2.37. The number of aromatic nitrogens is 1. The molecule has 128 valence electrons. The van der Waals surface area contributed by atoms with Gasteiger partial charge in [0.15, 0.2) is 17.3 Å². The molecule has 0 N–H and O–H groups in total. The maximum atomic E-state index is 12.5. The van der Waals surface area contributed by atoms with Gasteiger partial charge in [-0.25, -0.2) is 4.79 Å². The second kappa shape index (κ2) is 7.09. The van der Waals surface area contributed by atoms with Crippen LogP contribution in [0.25, 0.3) is 11.3 Å². The molecular weight excluding hydrogens is 322 g/mol. The van der Waals surface area contributed by atoms with Crippen molar-refractivity contribution >= 4 is 5.97 Å². The zero-order chi connectivity index (χ0) is 17.8.